The van der Waals surface area contributed by atoms with Gasteiger partial charge in [-0.2, -0.15) is 15.2 Å². The van der Waals surface area contributed by atoms with E-state index >= 15 is 0 Å². The van der Waals surface area contributed by atoms with Crippen LogP contribution in [0.4, 0.5) is 22.0 Å². The third-order valence-electron chi connectivity index (χ3n) is 6.83. The molecule has 0 spiro atoms. The first-order chi connectivity index (χ1) is 25.5. The Balaban J connectivity index is 0.00000244. The van der Waals surface area contributed by atoms with Gasteiger partial charge in [-0.1, -0.05) is 36.4 Å². The van der Waals surface area contributed by atoms with Crippen LogP contribution in [0, 0.1) is 11.3 Å². The first-order valence-corrected chi connectivity index (χ1v) is 17.8. The van der Waals surface area contributed by atoms with Gasteiger partial charge in [0.05, 0.1) is 56.9 Å². The fraction of sp³-hybridized carbons (Fsp3) is 0.400. The number of nitrogens with zero attached hydrogens (tertiary/aromatic N) is 9. The van der Waals surface area contributed by atoms with E-state index in [-0.39, 0.29) is 88.3 Å². The maximum atomic E-state index is 13.7. The van der Waals surface area contributed by atoms with Gasteiger partial charge in [-0.3, -0.25) is 10.1 Å². The molecule has 2 aromatic carbocycles. The van der Waals surface area contributed by atoms with Crippen LogP contribution in [-0.4, -0.2) is 106 Å². The number of fused-ring (bicyclic) bond motifs is 1. The average Bonchev–Trinajstić information content (AvgIpc) is 3.52. The van der Waals surface area contributed by atoms with Crippen molar-refractivity contribution in [2.75, 3.05) is 45.9 Å². The first kappa shape index (κ1) is 45.7. The summed E-state index contributed by atoms with van der Waals surface area (Å²) in [7, 11) is 3.36. The molecule has 4 rings (SSSR count). The van der Waals surface area contributed by atoms with E-state index in [9.17, 15) is 9.59 Å². The number of para-hydroxylation sites is 2. The number of nitrogens with one attached hydrogen (secondary N) is 1. The van der Waals surface area contributed by atoms with Crippen molar-refractivity contribution in [1.82, 2.24) is 34.4 Å². The van der Waals surface area contributed by atoms with Gasteiger partial charge >= 0.3 is 12.1 Å². The van der Waals surface area contributed by atoms with Crippen LogP contribution in [0.1, 0.15) is 34.1 Å². The maximum absolute atomic E-state index is 13.7. The number of rotatable bonds is 17. The van der Waals surface area contributed by atoms with Gasteiger partial charge in [-0.15, -0.1) is 0 Å². The van der Waals surface area contributed by atoms with Crippen molar-refractivity contribution in [3.05, 3.63) is 67.0 Å². The molecule has 0 saturated carbocycles. The van der Waals surface area contributed by atoms with Crippen molar-refractivity contribution < 1.29 is 53.6 Å². The summed E-state index contributed by atoms with van der Waals surface area (Å²) in [5, 5.41) is 18.9. The van der Waals surface area contributed by atoms with Gasteiger partial charge in [0.25, 0.3) is 8.53 Å². The predicted octanol–water partition coefficient (Wildman–Crippen LogP) is 5.90. The second-order valence-electron chi connectivity index (χ2n) is 11.9. The Morgan fingerprint density at radius 1 is 1.00 bits per heavy atom. The summed E-state index contributed by atoms with van der Waals surface area (Å²) in [5.74, 6) is -0.156. The van der Waals surface area contributed by atoms with Crippen molar-refractivity contribution >= 4 is 55.2 Å². The summed E-state index contributed by atoms with van der Waals surface area (Å²) in [6, 6.07) is 20.3. The van der Waals surface area contributed by atoms with Crippen LogP contribution in [-0.2, 0) is 45.4 Å². The largest absolute Gasteiger partial charge is 0.426 e. The van der Waals surface area contributed by atoms with E-state index in [2.05, 4.69) is 68.6 Å². The number of benzene rings is 2. The van der Waals surface area contributed by atoms with Crippen molar-refractivity contribution in [1.29, 1.82) is 5.26 Å². The smallest absolute Gasteiger partial charge is 0.373 e. The fourth-order valence-electron chi connectivity index (χ4n) is 4.81. The molecule has 0 aliphatic carbocycles. The number of aromatic nitrogens is 4. The maximum Gasteiger partial charge on any atom is 0.426 e. The SMILES string of the molecule is CC(C)N(C(C)C)P(OCCC#N)OCCNC(=O)Cn1cnc2c(/N=C/N(C)C)nc(OC(=O)N(c3ccccc3)c3ccccc3)nc21.COO.[Ir]. The Hall–Kier alpha value is -4.43. The van der Waals surface area contributed by atoms with E-state index < -0.39 is 14.6 Å². The van der Waals surface area contributed by atoms with Gasteiger partial charge in [-0.25, -0.2) is 29.2 Å². The van der Waals surface area contributed by atoms with Crippen LogP contribution in [0.2, 0.25) is 0 Å². The number of nitriles is 1. The summed E-state index contributed by atoms with van der Waals surface area (Å²) in [5.41, 5.74) is 1.75. The van der Waals surface area contributed by atoms with E-state index in [1.807, 2.05) is 36.4 Å². The van der Waals surface area contributed by atoms with E-state index in [4.69, 9.17) is 24.3 Å². The molecular weight excluding hydrogens is 896 g/mol. The molecule has 0 bridgehead atoms. The standard InChI is InChI=1S/C34H43N10O5P.CH4O2.Ir/c1-25(2)44(26(3)4)50(47-20-13-18-35)48-21-19-36-29(45)22-42-24-37-30-31(38-23-41(5)6)39-33(40-32(30)42)49-34(46)43(27-14-9-7-10-15-27)28-16-11-8-12-17-28;1-3-2;/h7-12,14-17,23-26H,13,19-22H2,1-6H3,(H,36,45);2H,1H3;/b38-23+;;. The molecule has 2 amide bonds. The molecule has 1 unspecified atom stereocenters. The monoisotopic (exact) mass is 943 g/mol. The minimum atomic E-state index is -1.43. The Morgan fingerprint density at radius 3 is 2.11 bits per heavy atom. The Labute approximate surface area is 330 Å². The summed E-state index contributed by atoms with van der Waals surface area (Å²) >= 11 is 0. The molecule has 17 nitrogen and oxygen atoms in total. The Morgan fingerprint density at radius 2 is 1.57 bits per heavy atom. The topological polar surface area (TPSA) is 193 Å². The molecule has 19 heteroatoms. The van der Waals surface area contributed by atoms with Crippen molar-refractivity contribution in [3.8, 4) is 12.1 Å². The van der Waals surface area contributed by atoms with Crippen LogP contribution in [0.3, 0.4) is 0 Å². The van der Waals surface area contributed by atoms with Crippen molar-refractivity contribution in [2.45, 2.75) is 52.7 Å². The molecule has 2 heterocycles. The van der Waals surface area contributed by atoms with E-state index in [1.165, 1.54) is 29.2 Å². The summed E-state index contributed by atoms with van der Waals surface area (Å²) < 4.78 is 21.4. The van der Waals surface area contributed by atoms with Gasteiger partial charge in [0.15, 0.2) is 17.0 Å². The quantitative estimate of drug-likeness (QED) is 0.0318. The third-order valence-corrected chi connectivity index (χ3v) is 8.94. The Bertz CT molecular complexity index is 1750. The molecule has 0 fully saturated rings. The van der Waals surface area contributed by atoms with Gasteiger partial charge in [0.2, 0.25) is 5.91 Å². The zero-order valence-electron chi connectivity index (χ0n) is 31.3. The second kappa shape index (κ2) is 24.1. The van der Waals surface area contributed by atoms with Gasteiger partial charge < -0.3 is 28.6 Å². The van der Waals surface area contributed by atoms with Gasteiger partial charge in [0.1, 0.15) is 6.54 Å². The molecular formula is C35H47IrN10O7P. The zero-order valence-corrected chi connectivity index (χ0v) is 34.6. The molecule has 0 aliphatic heterocycles. The molecule has 54 heavy (non-hydrogen) atoms. The number of aliphatic imine (C=N–C) groups is 1. The first-order valence-electron chi connectivity index (χ1n) is 16.7. The number of anilines is 2. The molecule has 0 saturated heterocycles. The molecule has 293 valence electrons. The third kappa shape index (κ3) is 14.1. The van der Waals surface area contributed by atoms with E-state index in [0.29, 0.717) is 16.9 Å². The van der Waals surface area contributed by atoms with Crippen LogP contribution in [0.5, 0.6) is 6.01 Å². The second-order valence-corrected chi connectivity index (χ2v) is 13.3. The number of hydrogen-bond acceptors (Lipinski definition) is 13. The fourth-order valence-corrected chi connectivity index (χ4v) is 6.40. The zero-order chi connectivity index (χ0) is 38.8. The molecule has 1 radical (unpaired) electrons. The van der Waals surface area contributed by atoms with Crippen LogP contribution >= 0.6 is 8.53 Å². The van der Waals surface area contributed by atoms with Crippen LogP contribution < -0.4 is 15.0 Å². The summed E-state index contributed by atoms with van der Waals surface area (Å²) in [6.07, 6.45) is 2.52. The number of ether oxygens (including phenoxy) is 1. The van der Waals surface area contributed by atoms with Gasteiger partial charge in [0, 0.05) is 52.8 Å². The number of carbonyl (C=O) groups excluding carboxylic acids is 2. The minimum Gasteiger partial charge on any atom is -0.373 e. The van der Waals surface area contributed by atoms with Crippen molar-refractivity contribution in [3.63, 3.8) is 0 Å². The molecule has 2 N–H and O–H groups in total. The number of hydrogen-bond donors (Lipinski definition) is 2. The Kier molecular flexibility index (Phi) is 20.4. The summed E-state index contributed by atoms with van der Waals surface area (Å²) in [6.45, 7) is 8.78. The molecule has 0 aliphatic rings. The number of amides is 2. The summed E-state index contributed by atoms with van der Waals surface area (Å²) in [4.78, 5) is 50.8. The number of carbonyl (C=O) groups is 2. The molecule has 1 atom stereocenters. The average molecular weight is 943 g/mol. The van der Waals surface area contributed by atoms with Gasteiger partial charge in [-0.05, 0) is 52.0 Å². The van der Waals surface area contributed by atoms with Crippen molar-refractivity contribution in [2.24, 2.45) is 4.99 Å². The van der Waals surface area contributed by atoms with Crippen LogP contribution in [0.15, 0.2) is 72.0 Å². The predicted molar refractivity (Wildman–Crippen MR) is 202 cm³/mol. The minimum absolute atomic E-state index is 0. The van der Waals surface area contributed by atoms with Crippen LogP contribution in [0.25, 0.3) is 11.2 Å². The van der Waals surface area contributed by atoms with E-state index in [0.717, 1.165) is 0 Å². The molecule has 2 aromatic heterocycles. The van der Waals surface area contributed by atoms with E-state index in [1.54, 1.807) is 43.3 Å². The molecule has 4 aromatic rings. The normalized spacial score (nSPS) is 11.5. The number of imidazole rings is 1.